The number of hydrogen-bond donors (Lipinski definition) is 1. The lowest BCUT2D eigenvalue weighted by Crippen LogP contribution is -2.29. The van der Waals surface area contributed by atoms with E-state index >= 15 is 0 Å². The Morgan fingerprint density at radius 1 is 1.32 bits per heavy atom. The molecular formula is C21H26N4O3. The van der Waals surface area contributed by atoms with Crippen LogP contribution in [0.3, 0.4) is 0 Å². The first-order chi connectivity index (χ1) is 13.6. The van der Waals surface area contributed by atoms with Gasteiger partial charge in [-0.1, -0.05) is 18.2 Å². The van der Waals surface area contributed by atoms with Gasteiger partial charge in [0.15, 0.2) is 0 Å². The molecule has 7 heteroatoms. The number of methoxy groups -OCH3 is 1. The monoisotopic (exact) mass is 382 g/mol. The maximum atomic E-state index is 12.2. The number of hydrogen-bond acceptors (Lipinski definition) is 6. The summed E-state index contributed by atoms with van der Waals surface area (Å²) in [5.41, 5.74) is 3.14. The molecule has 1 N–H and O–H groups in total. The summed E-state index contributed by atoms with van der Waals surface area (Å²) in [5.74, 6) is 2.94. The number of nitrogens with zero attached hydrogens (tertiary/aromatic N) is 3. The fraction of sp³-hybridized carbons (Fsp3) is 0.476. The average molecular weight is 382 g/mol. The number of rotatable bonds is 6. The molecule has 7 nitrogen and oxygen atoms in total. The molecule has 0 unspecified atom stereocenters. The normalized spacial score (nSPS) is 18.3. The first-order valence-electron chi connectivity index (χ1n) is 9.71. The van der Waals surface area contributed by atoms with Gasteiger partial charge in [0, 0.05) is 51.1 Å². The smallest absolute Gasteiger partial charge is 0.223 e. The minimum atomic E-state index is 0.198. The van der Waals surface area contributed by atoms with Gasteiger partial charge in [-0.15, -0.1) is 0 Å². The van der Waals surface area contributed by atoms with Gasteiger partial charge in [0.2, 0.25) is 5.91 Å². The molecule has 28 heavy (non-hydrogen) atoms. The molecule has 1 aromatic carbocycles. The molecule has 4 rings (SSSR count). The largest absolute Gasteiger partial charge is 0.487 e. The van der Waals surface area contributed by atoms with Crippen LogP contribution in [0.5, 0.6) is 5.75 Å². The number of benzene rings is 1. The van der Waals surface area contributed by atoms with Gasteiger partial charge in [0.05, 0.1) is 12.3 Å². The van der Waals surface area contributed by atoms with Crippen LogP contribution < -0.4 is 10.1 Å². The van der Waals surface area contributed by atoms with Crippen molar-refractivity contribution in [2.24, 2.45) is 5.92 Å². The van der Waals surface area contributed by atoms with Gasteiger partial charge < -0.3 is 19.7 Å². The molecule has 0 aliphatic carbocycles. The van der Waals surface area contributed by atoms with Crippen LogP contribution in [0.25, 0.3) is 0 Å². The SMILES string of the molecule is COCCN1C[C@H](CNc2nc(C)nc3c2Cc2ccccc2OC3)CC1=O. The Morgan fingerprint density at radius 2 is 2.18 bits per heavy atom. The molecule has 2 aliphatic heterocycles. The summed E-state index contributed by atoms with van der Waals surface area (Å²) in [5, 5.41) is 3.49. The van der Waals surface area contributed by atoms with Crippen molar-refractivity contribution in [2.75, 3.05) is 38.7 Å². The summed E-state index contributed by atoms with van der Waals surface area (Å²) in [6, 6.07) is 8.08. The number of anilines is 1. The van der Waals surface area contributed by atoms with Crippen LogP contribution in [0.15, 0.2) is 24.3 Å². The molecule has 1 atom stereocenters. The quantitative estimate of drug-likeness (QED) is 0.825. The maximum absolute atomic E-state index is 12.2. The first-order valence-corrected chi connectivity index (χ1v) is 9.71. The number of carbonyl (C=O) groups is 1. The number of aromatic nitrogens is 2. The molecule has 148 valence electrons. The summed E-state index contributed by atoms with van der Waals surface area (Å²) in [7, 11) is 1.66. The third-order valence-corrected chi connectivity index (χ3v) is 5.33. The van der Waals surface area contributed by atoms with E-state index in [1.807, 2.05) is 30.0 Å². The third kappa shape index (κ3) is 3.94. The van der Waals surface area contributed by atoms with Gasteiger partial charge in [0.25, 0.3) is 0 Å². The Morgan fingerprint density at radius 3 is 3.04 bits per heavy atom. The Hall–Kier alpha value is -2.67. The summed E-state index contributed by atoms with van der Waals surface area (Å²) in [4.78, 5) is 23.3. The molecule has 1 fully saturated rings. The van der Waals surface area contributed by atoms with Crippen molar-refractivity contribution in [1.82, 2.24) is 14.9 Å². The molecule has 0 bridgehead atoms. The molecule has 1 saturated heterocycles. The highest BCUT2D eigenvalue weighted by atomic mass is 16.5. The fourth-order valence-electron chi connectivity index (χ4n) is 3.88. The number of ether oxygens (including phenoxy) is 2. The van der Waals surface area contributed by atoms with Crippen molar-refractivity contribution >= 4 is 11.7 Å². The van der Waals surface area contributed by atoms with Gasteiger partial charge in [0.1, 0.15) is 24.0 Å². The van der Waals surface area contributed by atoms with Crippen LogP contribution >= 0.6 is 0 Å². The van der Waals surface area contributed by atoms with Gasteiger partial charge in [-0.2, -0.15) is 0 Å². The average Bonchev–Trinajstić information content (AvgIpc) is 2.93. The molecular weight excluding hydrogens is 356 g/mol. The van der Waals surface area contributed by atoms with Crippen LogP contribution in [0.1, 0.15) is 29.1 Å². The second-order valence-corrected chi connectivity index (χ2v) is 7.40. The van der Waals surface area contributed by atoms with Gasteiger partial charge in [-0.25, -0.2) is 9.97 Å². The molecule has 1 amide bonds. The Bertz CT molecular complexity index is 871. The van der Waals surface area contributed by atoms with Gasteiger partial charge in [-0.05, 0) is 18.6 Å². The van der Waals surface area contributed by atoms with E-state index in [4.69, 9.17) is 9.47 Å². The number of nitrogens with one attached hydrogen (secondary N) is 1. The van der Waals surface area contributed by atoms with Crippen molar-refractivity contribution in [1.29, 1.82) is 0 Å². The van der Waals surface area contributed by atoms with Crippen LogP contribution in [-0.4, -0.2) is 54.1 Å². The zero-order valence-electron chi connectivity index (χ0n) is 16.4. The lowest BCUT2D eigenvalue weighted by molar-refractivity contribution is -0.128. The molecule has 1 aromatic heterocycles. The van der Waals surface area contributed by atoms with Crippen molar-refractivity contribution in [2.45, 2.75) is 26.4 Å². The van der Waals surface area contributed by atoms with Crippen molar-refractivity contribution in [3.8, 4) is 5.75 Å². The molecule has 0 saturated carbocycles. The van der Waals surface area contributed by atoms with Crippen LogP contribution in [0, 0.1) is 12.8 Å². The fourth-order valence-corrected chi connectivity index (χ4v) is 3.88. The predicted octanol–water partition coefficient (Wildman–Crippen LogP) is 2.18. The number of fused-ring (bicyclic) bond motifs is 2. The van der Waals surface area contributed by atoms with E-state index in [2.05, 4.69) is 21.4 Å². The van der Waals surface area contributed by atoms with Crippen molar-refractivity contribution in [3.63, 3.8) is 0 Å². The van der Waals surface area contributed by atoms with E-state index in [0.717, 1.165) is 47.2 Å². The first kappa shape index (κ1) is 18.7. The number of carbonyl (C=O) groups excluding carboxylic acids is 1. The molecule has 2 aliphatic rings. The van der Waals surface area contributed by atoms with E-state index in [1.165, 1.54) is 0 Å². The van der Waals surface area contributed by atoms with Crippen molar-refractivity contribution < 1.29 is 14.3 Å². The predicted molar refractivity (Wildman–Crippen MR) is 105 cm³/mol. The second-order valence-electron chi connectivity index (χ2n) is 7.40. The zero-order chi connectivity index (χ0) is 19.5. The van der Waals surface area contributed by atoms with E-state index in [9.17, 15) is 4.79 Å². The topological polar surface area (TPSA) is 76.6 Å². The minimum absolute atomic E-state index is 0.198. The minimum Gasteiger partial charge on any atom is -0.487 e. The standard InChI is InChI=1S/C21H26N4O3/c1-14-23-18-13-28-19-6-4-3-5-16(19)10-17(18)21(24-14)22-11-15-9-20(26)25(12-15)7-8-27-2/h3-6,15H,7-13H2,1-2H3,(H,22,23,24)/t15-/m0/s1. The number of amides is 1. The number of aryl methyl sites for hydroxylation is 1. The molecule has 0 spiro atoms. The third-order valence-electron chi connectivity index (χ3n) is 5.33. The Kier molecular flexibility index (Phi) is 5.43. The van der Waals surface area contributed by atoms with Crippen LogP contribution in [0.4, 0.5) is 5.82 Å². The Balaban J connectivity index is 1.49. The highest BCUT2D eigenvalue weighted by Crippen LogP contribution is 2.31. The van der Waals surface area contributed by atoms with E-state index < -0.39 is 0 Å². The summed E-state index contributed by atoms with van der Waals surface area (Å²) in [6.07, 6.45) is 1.30. The van der Waals surface area contributed by atoms with Crippen LogP contribution in [0.2, 0.25) is 0 Å². The summed E-state index contributed by atoms with van der Waals surface area (Å²) < 4.78 is 11.0. The summed E-state index contributed by atoms with van der Waals surface area (Å²) >= 11 is 0. The Labute approximate surface area is 165 Å². The lowest BCUT2D eigenvalue weighted by Gasteiger charge is -2.18. The molecule has 2 aromatic rings. The lowest BCUT2D eigenvalue weighted by atomic mass is 10.0. The number of likely N-dealkylation sites (tertiary alicyclic amines) is 1. The highest BCUT2D eigenvalue weighted by Gasteiger charge is 2.29. The maximum Gasteiger partial charge on any atom is 0.223 e. The summed E-state index contributed by atoms with van der Waals surface area (Å²) in [6.45, 7) is 5.03. The van der Waals surface area contributed by atoms with E-state index in [0.29, 0.717) is 32.7 Å². The van der Waals surface area contributed by atoms with Gasteiger partial charge in [-0.3, -0.25) is 4.79 Å². The van der Waals surface area contributed by atoms with Gasteiger partial charge >= 0.3 is 0 Å². The van der Waals surface area contributed by atoms with Crippen molar-refractivity contribution in [3.05, 3.63) is 46.9 Å². The van der Waals surface area contributed by atoms with E-state index in [-0.39, 0.29) is 11.8 Å². The van der Waals surface area contributed by atoms with Crippen LogP contribution in [-0.2, 0) is 22.6 Å². The number of para-hydroxylation sites is 1. The second kappa shape index (κ2) is 8.14. The molecule has 3 heterocycles. The van der Waals surface area contributed by atoms with E-state index in [1.54, 1.807) is 7.11 Å². The zero-order valence-corrected chi connectivity index (χ0v) is 16.4. The highest BCUT2D eigenvalue weighted by molar-refractivity contribution is 5.78. The molecule has 0 radical (unpaired) electrons.